The van der Waals surface area contributed by atoms with Crippen LogP contribution in [0.1, 0.15) is 33.6 Å². The van der Waals surface area contributed by atoms with Crippen LogP contribution in [0.2, 0.25) is 0 Å². The van der Waals surface area contributed by atoms with Crippen LogP contribution in [0.15, 0.2) is 0 Å². The average molecular weight is 164 g/mol. The van der Waals surface area contributed by atoms with Gasteiger partial charge >= 0.3 is 0 Å². The third kappa shape index (κ3) is 2.45. The zero-order chi connectivity index (χ0) is 7.78. The molecule has 1 aliphatic rings. The van der Waals surface area contributed by atoms with Crippen LogP contribution in [0.25, 0.3) is 0 Å². The van der Waals surface area contributed by atoms with Crippen molar-refractivity contribution < 1.29 is 0 Å². The van der Waals surface area contributed by atoms with Gasteiger partial charge in [-0.05, 0) is 46.2 Å². The molecule has 0 saturated carbocycles. The maximum atomic E-state index is 2.47. The Hall–Kier alpha value is 0.960. The third-order valence-electron chi connectivity index (χ3n) is 3.32. The van der Waals surface area contributed by atoms with Crippen LogP contribution in [-0.4, -0.2) is 53.6 Å². The van der Waals surface area contributed by atoms with Crippen LogP contribution in [0, 0.1) is 5.92 Å². The van der Waals surface area contributed by atoms with Gasteiger partial charge in [0, 0.05) is 35.1 Å². The molecule has 61 valence electrons. The van der Waals surface area contributed by atoms with Gasteiger partial charge in [0.05, 0.1) is 0 Å². The van der Waals surface area contributed by atoms with Gasteiger partial charge in [-0.25, -0.2) is 0 Å². The fourth-order valence-electron chi connectivity index (χ4n) is 1.65. The first-order valence-corrected chi connectivity index (χ1v) is 4.26. The van der Waals surface area contributed by atoms with Crippen molar-refractivity contribution in [3.05, 3.63) is 0 Å². The number of rotatable bonds is 0. The normalized spacial score (nSPS) is 31.1. The molecule has 1 heterocycles. The van der Waals surface area contributed by atoms with Gasteiger partial charge in [-0.1, -0.05) is 6.92 Å². The molecular weight excluding hydrogens is 145 g/mol. The summed E-state index contributed by atoms with van der Waals surface area (Å²) in [5.41, 5.74) is 0.429. The summed E-state index contributed by atoms with van der Waals surface area (Å²) in [6.07, 6.45) is 2.78. The first-order valence-electron chi connectivity index (χ1n) is 4.26. The van der Waals surface area contributed by atoms with Crippen LogP contribution in [0.5, 0.6) is 0 Å². The Labute approximate surface area is 92.8 Å². The minimum atomic E-state index is 0. The Morgan fingerprint density at radius 3 is 2.27 bits per heavy atom. The molecule has 0 aromatic heterocycles. The Kier molecular flexibility index (Phi) is 4.64. The molecule has 0 spiro atoms. The molecule has 0 amide bonds. The molecule has 0 bridgehead atoms. The maximum Gasteiger partial charge on any atom is 0.0175 e. The molecule has 1 nitrogen and oxygen atoms in total. The van der Waals surface area contributed by atoms with Crippen molar-refractivity contribution in [2.45, 2.75) is 39.2 Å². The summed E-state index contributed by atoms with van der Waals surface area (Å²) in [7, 11) is 2.23. The van der Waals surface area contributed by atoms with Gasteiger partial charge < -0.3 is 4.90 Å². The summed E-state index contributed by atoms with van der Waals surface area (Å²) in [5.74, 6) is 0.853. The zero-order valence-corrected chi connectivity index (χ0v) is 10.6. The third-order valence-corrected chi connectivity index (χ3v) is 3.32. The fourth-order valence-corrected chi connectivity index (χ4v) is 1.65. The quantitative estimate of drug-likeness (QED) is 0.493. The Morgan fingerprint density at radius 2 is 1.91 bits per heavy atom. The van der Waals surface area contributed by atoms with Crippen molar-refractivity contribution in [2.75, 3.05) is 13.6 Å². The van der Waals surface area contributed by atoms with Crippen LogP contribution in [-0.2, 0) is 0 Å². The van der Waals surface area contributed by atoms with E-state index in [0.29, 0.717) is 5.54 Å². The number of hydrogen-bond donors (Lipinski definition) is 0. The van der Waals surface area contributed by atoms with E-state index in [1.807, 2.05) is 0 Å². The molecular formula is C9H19NNa. The molecule has 2 heteroatoms. The number of piperidine rings is 1. The molecule has 1 saturated heterocycles. The average Bonchev–Trinajstić information content (AvgIpc) is 1.84. The Balaban J connectivity index is 0.000001000. The first kappa shape index (κ1) is 12.0. The van der Waals surface area contributed by atoms with Gasteiger partial charge in [0.2, 0.25) is 0 Å². The predicted molar refractivity (Wildman–Crippen MR) is 50.9 cm³/mol. The predicted octanol–water partition coefficient (Wildman–Crippen LogP) is 1.75. The summed E-state index contributed by atoms with van der Waals surface area (Å²) in [5, 5.41) is 0. The number of nitrogens with zero attached hydrogens (tertiary/aromatic N) is 1. The van der Waals surface area contributed by atoms with Gasteiger partial charge in [0.15, 0.2) is 0 Å². The maximum absolute atomic E-state index is 2.47. The van der Waals surface area contributed by atoms with Gasteiger partial charge in [-0.15, -0.1) is 0 Å². The molecule has 0 aliphatic carbocycles. The van der Waals surface area contributed by atoms with E-state index in [1.54, 1.807) is 0 Å². The summed E-state index contributed by atoms with van der Waals surface area (Å²) >= 11 is 0. The summed E-state index contributed by atoms with van der Waals surface area (Å²) < 4.78 is 0. The van der Waals surface area contributed by atoms with E-state index in [-0.39, 0.29) is 29.6 Å². The first-order chi connectivity index (χ1) is 4.55. The van der Waals surface area contributed by atoms with Crippen LogP contribution in [0.4, 0.5) is 0 Å². The van der Waals surface area contributed by atoms with E-state index in [1.165, 1.54) is 19.4 Å². The molecule has 0 N–H and O–H groups in total. The standard InChI is InChI=1S/C9H19N.Na/c1-8-6-5-7-10(4)9(8,2)3;/h8H,5-7H2,1-4H3;. The summed E-state index contributed by atoms with van der Waals surface area (Å²) in [6, 6.07) is 0. The molecule has 0 aromatic rings. The van der Waals surface area contributed by atoms with E-state index >= 15 is 0 Å². The Bertz CT molecular complexity index is 111. The van der Waals surface area contributed by atoms with E-state index in [2.05, 4.69) is 32.7 Å². The van der Waals surface area contributed by atoms with Crippen molar-refractivity contribution in [1.29, 1.82) is 0 Å². The van der Waals surface area contributed by atoms with Gasteiger partial charge in [0.25, 0.3) is 0 Å². The van der Waals surface area contributed by atoms with Gasteiger partial charge in [0.1, 0.15) is 0 Å². The minimum absolute atomic E-state index is 0. The van der Waals surface area contributed by atoms with Crippen LogP contribution >= 0.6 is 0 Å². The van der Waals surface area contributed by atoms with Crippen LogP contribution in [0.3, 0.4) is 0 Å². The summed E-state index contributed by atoms with van der Waals surface area (Å²) in [4.78, 5) is 2.47. The molecule has 1 unspecified atom stereocenters. The molecule has 11 heavy (non-hydrogen) atoms. The van der Waals surface area contributed by atoms with E-state index in [4.69, 9.17) is 0 Å². The van der Waals surface area contributed by atoms with Gasteiger partial charge in [-0.2, -0.15) is 0 Å². The Morgan fingerprint density at radius 1 is 1.36 bits per heavy atom. The van der Waals surface area contributed by atoms with Crippen molar-refractivity contribution in [3.63, 3.8) is 0 Å². The van der Waals surface area contributed by atoms with Crippen molar-refractivity contribution >= 4 is 29.6 Å². The van der Waals surface area contributed by atoms with Crippen molar-refractivity contribution in [3.8, 4) is 0 Å². The molecule has 1 atom stereocenters. The summed E-state index contributed by atoms with van der Waals surface area (Å²) in [6.45, 7) is 8.32. The second kappa shape index (κ2) is 4.27. The fraction of sp³-hybridized carbons (Fsp3) is 1.00. The van der Waals surface area contributed by atoms with E-state index in [9.17, 15) is 0 Å². The number of likely N-dealkylation sites (tertiary alicyclic amines) is 1. The SMILES string of the molecule is CC1CCCN(C)C1(C)C.[Na]. The molecule has 1 aliphatic heterocycles. The smallest absolute Gasteiger partial charge is 0.0175 e. The second-order valence-electron chi connectivity index (χ2n) is 4.12. The second-order valence-corrected chi connectivity index (χ2v) is 4.12. The number of hydrogen-bond acceptors (Lipinski definition) is 1. The largest absolute Gasteiger partial charge is 0.301 e. The zero-order valence-electron chi connectivity index (χ0n) is 8.65. The minimum Gasteiger partial charge on any atom is -0.301 e. The molecule has 0 aromatic carbocycles. The van der Waals surface area contributed by atoms with Crippen LogP contribution < -0.4 is 0 Å². The van der Waals surface area contributed by atoms with Crippen molar-refractivity contribution in [1.82, 2.24) is 4.90 Å². The monoisotopic (exact) mass is 164 g/mol. The van der Waals surface area contributed by atoms with Crippen molar-refractivity contribution in [2.24, 2.45) is 5.92 Å². The molecule has 1 rings (SSSR count). The van der Waals surface area contributed by atoms with Gasteiger partial charge in [-0.3, -0.25) is 0 Å². The topological polar surface area (TPSA) is 3.24 Å². The molecule has 1 fully saturated rings. The molecule has 1 radical (unpaired) electrons. The van der Waals surface area contributed by atoms with E-state index < -0.39 is 0 Å². The van der Waals surface area contributed by atoms with E-state index in [0.717, 1.165) is 5.92 Å².